The van der Waals surface area contributed by atoms with E-state index in [9.17, 15) is 14.4 Å². The van der Waals surface area contributed by atoms with Gasteiger partial charge in [-0.05, 0) is 59.2 Å². The molecule has 1 aliphatic rings. The first-order valence-electron chi connectivity index (χ1n) is 15.2. The van der Waals surface area contributed by atoms with Crippen LogP contribution < -0.4 is 10.1 Å². The third-order valence-corrected chi connectivity index (χ3v) is 8.32. The van der Waals surface area contributed by atoms with Gasteiger partial charge in [-0.3, -0.25) is 4.79 Å². The summed E-state index contributed by atoms with van der Waals surface area (Å²) in [5.74, 6) is -0.246. The Morgan fingerprint density at radius 1 is 1.05 bits per heavy atom. The van der Waals surface area contributed by atoms with Crippen molar-refractivity contribution < 1.29 is 33.3 Å². The van der Waals surface area contributed by atoms with Crippen LogP contribution in [-0.2, 0) is 29.4 Å². The Balaban J connectivity index is 1.87. The molecule has 0 aromatic heterocycles. The molecular weight excluding hydrogens is 560 g/mol. The molecule has 9 nitrogen and oxygen atoms in total. The first-order valence-corrected chi connectivity index (χ1v) is 15.2. The number of unbranched alkanes of at least 4 members (excludes halogenated alkanes) is 4. The van der Waals surface area contributed by atoms with E-state index in [2.05, 4.69) is 18.5 Å². The number of carbonyl (C=O) groups is 3. The minimum Gasteiger partial charge on any atom is -0.496 e. The highest BCUT2D eigenvalue weighted by Crippen LogP contribution is 2.42. The van der Waals surface area contributed by atoms with Crippen LogP contribution in [0.1, 0.15) is 70.4 Å². The molecular formula is C35H48N2O7. The SMILES string of the molecule is C=CCCCCCCOC(=O)N[C@H](C(=O)N1C[C@](OC)(c2ccc3cc(OC)c(C=C)cc3c2)C[C@H]1C(=O)OC)C(C)(C)C. The molecule has 1 saturated heterocycles. The molecule has 44 heavy (non-hydrogen) atoms. The lowest BCUT2D eigenvalue weighted by Crippen LogP contribution is -2.57. The van der Waals surface area contributed by atoms with E-state index >= 15 is 0 Å². The predicted molar refractivity (Wildman–Crippen MR) is 172 cm³/mol. The van der Waals surface area contributed by atoms with Crippen molar-refractivity contribution in [3.8, 4) is 5.75 Å². The maximum Gasteiger partial charge on any atom is 0.407 e. The summed E-state index contributed by atoms with van der Waals surface area (Å²) in [5.41, 5.74) is -0.0170. The van der Waals surface area contributed by atoms with Gasteiger partial charge in [-0.15, -0.1) is 6.58 Å². The summed E-state index contributed by atoms with van der Waals surface area (Å²) >= 11 is 0. The smallest absolute Gasteiger partial charge is 0.407 e. The van der Waals surface area contributed by atoms with Gasteiger partial charge in [-0.25, -0.2) is 9.59 Å². The molecule has 0 bridgehead atoms. The van der Waals surface area contributed by atoms with Crippen molar-refractivity contribution in [3.05, 3.63) is 60.7 Å². The number of fused-ring (bicyclic) bond motifs is 1. The van der Waals surface area contributed by atoms with Gasteiger partial charge in [0.1, 0.15) is 23.4 Å². The van der Waals surface area contributed by atoms with Gasteiger partial charge in [0.05, 0.1) is 27.4 Å². The summed E-state index contributed by atoms with van der Waals surface area (Å²) in [7, 11) is 4.49. The van der Waals surface area contributed by atoms with Gasteiger partial charge in [-0.1, -0.05) is 64.5 Å². The van der Waals surface area contributed by atoms with Gasteiger partial charge >= 0.3 is 12.1 Å². The number of carbonyl (C=O) groups excluding carboxylic acids is 3. The summed E-state index contributed by atoms with van der Waals surface area (Å²) in [6.07, 6.45) is 7.88. The number of benzene rings is 2. The van der Waals surface area contributed by atoms with E-state index in [-0.39, 0.29) is 19.6 Å². The summed E-state index contributed by atoms with van der Waals surface area (Å²) in [5, 5.41) is 4.68. The van der Waals surface area contributed by atoms with Crippen molar-refractivity contribution in [1.29, 1.82) is 0 Å². The zero-order valence-electron chi connectivity index (χ0n) is 27.1. The first kappa shape index (κ1) is 34.6. The highest BCUT2D eigenvalue weighted by molar-refractivity contribution is 5.92. The van der Waals surface area contributed by atoms with Crippen LogP contribution in [0.3, 0.4) is 0 Å². The van der Waals surface area contributed by atoms with Crippen LogP contribution in [0.2, 0.25) is 0 Å². The largest absolute Gasteiger partial charge is 0.496 e. The standard InChI is InChI=1S/C35H48N2O7/c1-9-11-12-13-14-15-18-44-33(40)36-30(34(3,4)5)31(38)37-23-35(43-8,22-28(37)32(39)42-7)27-17-16-25-21-29(41-6)24(10-2)19-26(25)20-27/h9-10,16-17,19-21,28,30H,1-2,11-15,18,22-23H2,3-8H3,(H,36,40)/t28-,30+,35-/m0/s1. The summed E-state index contributed by atoms with van der Waals surface area (Å²) in [6, 6.07) is 7.96. The van der Waals surface area contributed by atoms with E-state index in [4.69, 9.17) is 18.9 Å². The lowest BCUT2D eigenvalue weighted by Gasteiger charge is -2.35. The molecule has 2 aromatic carbocycles. The number of amides is 2. The van der Waals surface area contributed by atoms with Crippen molar-refractivity contribution in [2.75, 3.05) is 34.5 Å². The summed E-state index contributed by atoms with van der Waals surface area (Å²) in [4.78, 5) is 41.6. The maximum absolute atomic E-state index is 14.2. The monoisotopic (exact) mass is 608 g/mol. The maximum atomic E-state index is 14.2. The average Bonchev–Trinajstić information content (AvgIpc) is 3.42. The van der Waals surface area contributed by atoms with Crippen LogP contribution in [0.5, 0.6) is 5.75 Å². The number of esters is 1. The third kappa shape index (κ3) is 8.00. The van der Waals surface area contributed by atoms with Gasteiger partial charge in [0.25, 0.3) is 0 Å². The summed E-state index contributed by atoms with van der Waals surface area (Å²) < 4.78 is 22.2. The van der Waals surface area contributed by atoms with Crippen molar-refractivity contribution >= 4 is 34.8 Å². The molecule has 1 fully saturated rings. The fourth-order valence-electron chi connectivity index (χ4n) is 5.72. The van der Waals surface area contributed by atoms with Crippen LogP contribution in [0.4, 0.5) is 4.79 Å². The topological polar surface area (TPSA) is 103 Å². The highest BCUT2D eigenvalue weighted by atomic mass is 16.5. The van der Waals surface area contributed by atoms with Gasteiger partial charge < -0.3 is 29.2 Å². The van der Waals surface area contributed by atoms with Gasteiger partial charge in [0.15, 0.2) is 0 Å². The van der Waals surface area contributed by atoms with Crippen LogP contribution >= 0.6 is 0 Å². The van der Waals surface area contributed by atoms with Crippen LogP contribution in [0.15, 0.2) is 49.6 Å². The zero-order chi connectivity index (χ0) is 32.5. The van der Waals surface area contributed by atoms with E-state index in [1.165, 1.54) is 12.0 Å². The van der Waals surface area contributed by atoms with Crippen molar-refractivity contribution in [3.63, 3.8) is 0 Å². The molecule has 1 heterocycles. The fraction of sp³-hybridized carbons (Fsp3) is 0.514. The molecule has 3 atom stereocenters. The predicted octanol–water partition coefficient (Wildman–Crippen LogP) is 6.38. The van der Waals surface area contributed by atoms with Gasteiger partial charge in [0, 0.05) is 19.1 Å². The number of alkyl carbamates (subject to hydrolysis) is 1. The fourth-order valence-corrected chi connectivity index (χ4v) is 5.72. The number of nitrogens with zero attached hydrogens (tertiary/aromatic N) is 1. The number of rotatable bonds is 14. The molecule has 0 aliphatic carbocycles. The van der Waals surface area contributed by atoms with E-state index in [1.54, 1.807) is 20.3 Å². The molecule has 1 N–H and O–H groups in total. The second-order valence-electron chi connectivity index (χ2n) is 12.3. The van der Waals surface area contributed by atoms with E-state index in [0.717, 1.165) is 54.0 Å². The third-order valence-electron chi connectivity index (χ3n) is 8.32. The number of nitrogens with one attached hydrogen (secondary N) is 1. The second kappa shape index (κ2) is 15.2. The minimum atomic E-state index is -0.995. The lowest BCUT2D eigenvalue weighted by atomic mass is 9.85. The first-order chi connectivity index (χ1) is 20.9. The van der Waals surface area contributed by atoms with Crippen molar-refractivity contribution in [1.82, 2.24) is 10.2 Å². The molecule has 240 valence electrons. The van der Waals surface area contributed by atoms with E-state index in [0.29, 0.717) is 5.75 Å². The molecule has 1 aliphatic heterocycles. The van der Waals surface area contributed by atoms with Gasteiger partial charge in [0.2, 0.25) is 5.91 Å². The van der Waals surface area contributed by atoms with Crippen molar-refractivity contribution in [2.24, 2.45) is 5.41 Å². The Bertz CT molecular complexity index is 1350. The van der Waals surface area contributed by atoms with Crippen LogP contribution in [0.25, 0.3) is 16.8 Å². The number of allylic oxidation sites excluding steroid dienone is 1. The molecule has 3 rings (SSSR count). The Labute approximate surface area is 261 Å². The molecule has 2 aromatic rings. The highest BCUT2D eigenvalue weighted by Gasteiger charge is 2.53. The second-order valence-corrected chi connectivity index (χ2v) is 12.3. The van der Waals surface area contributed by atoms with Crippen LogP contribution in [-0.4, -0.2) is 69.4 Å². The van der Waals surface area contributed by atoms with E-state index < -0.39 is 41.1 Å². The van der Waals surface area contributed by atoms with Crippen molar-refractivity contribution in [2.45, 2.75) is 77.0 Å². The lowest BCUT2D eigenvalue weighted by molar-refractivity contribution is -0.152. The Kier molecular flexibility index (Phi) is 12.0. The molecule has 0 unspecified atom stereocenters. The number of methoxy groups -OCH3 is 3. The molecule has 2 amide bonds. The minimum absolute atomic E-state index is 0.0894. The average molecular weight is 609 g/mol. The molecule has 0 spiro atoms. The molecule has 0 saturated carbocycles. The molecule has 9 heteroatoms. The molecule has 0 radical (unpaired) electrons. The zero-order valence-corrected chi connectivity index (χ0v) is 27.1. The Hall–Kier alpha value is -3.85. The summed E-state index contributed by atoms with van der Waals surface area (Å²) in [6.45, 7) is 13.5. The van der Waals surface area contributed by atoms with E-state index in [1.807, 2.05) is 57.2 Å². The normalized spacial score (nSPS) is 18.9. The quantitative estimate of drug-likeness (QED) is 0.151. The Morgan fingerprint density at radius 2 is 1.77 bits per heavy atom. The number of ether oxygens (including phenoxy) is 4. The number of hydrogen-bond donors (Lipinski definition) is 1. The number of likely N-dealkylation sites (tertiary alicyclic amines) is 1. The number of hydrogen-bond acceptors (Lipinski definition) is 7. The Morgan fingerprint density at radius 3 is 2.39 bits per heavy atom. The van der Waals surface area contributed by atoms with Gasteiger partial charge in [-0.2, -0.15) is 0 Å². The van der Waals surface area contributed by atoms with Crippen LogP contribution in [0, 0.1) is 5.41 Å².